The molecule has 0 fully saturated rings. The highest BCUT2D eigenvalue weighted by Gasteiger charge is 2.16. The molecular formula is C19H24N5O2+. The molecule has 26 heavy (non-hydrogen) atoms. The first-order valence-corrected chi connectivity index (χ1v) is 8.57. The third kappa shape index (κ3) is 4.18. The normalized spacial score (nSPS) is 16.3. The minimum Gasteiger partial charge on any atom is -0.506 e. The molecule has 7 nitrogen and oxygen atoms in total. The molecule has 0 saturated carbocycles. The van der Waals surface area contributed by atoms with E-state index in [1.54, 1.807) is 4.52 Å². The zero-order valence-corrected chi connectivity index (χ0v) is 15.3. The summed E-state index contributed by atoms with van der Waals surface area (Å²) in [6.07, 6.45) is 6.92. The Kier molecular flexibility index (Phi) is 4.90. The summed E-state index contributed by atoms with van der Waals surface area (Å²) in [4.78, 5) is 15.9. The summed E-state index contributed by atoms with van der Waals surface area (Å²) < 4.78 is 2.65. The maximum atomic E-state index is 11.3. The van der Waals surface area contributed by atoms with Crippen LogP contribution < -0.4 is 5.32 Å². The van der Waals surface area contributed by atoms with Crippen LogP contribution in [0.4, 0.5) is 11.5 Å². The van der Waals surface area contributed by atoms with Gasteiger partial charge in [0, 0.05) is 25.2 Å². The minimum absolute atomic E-state index is 0.135. The fourth-order valence-electron chi connectivity index (χ4n) is 2.69. The van der Waals surface area contributed by atoms with E-state index in [1.807, 2.05) is 24.4 Å². The van der Waals surface area contributed by atoms with E-state index < -0.39 is 0 Å². The molecule has 0 aliphatic heterocycles. The molecule has 7 heteroatoms. The molecule has 136 valence electrons. The molecule has 0 atom stereocenters. The molecule has 0 spiro atoms. The number of carbonyl (C=O) groups excluding carboxylic acids is 1. The van der Waals surface area contributed by atoms with Crippen LogP contribution in [0.5, 0.6) is 0 Å². The first kappa shape index (κ1) is 17.9. The van der Waals surface area contributed by atoms with Crippen LogP contribution in [0.1, 0.15) is 6.42 Å². The number of allylic oxidation sites excluding steroid dienone is 3. The largest absolute Gasteiger partial charge is 0.506 e. The van der Waals surface area contributed by atoms with Gasteiger partial charge in [-0.2, -0.15) is 0 Å². The van der Waals surface area contributed by atoms with Crippen molar-refractivity contribution in [2.75, 3.05) is 39.5 Å². The van der Waals surface area contributed by atoms with E-state index in [0.29, 0.717) is 17.2 Å². The van der Waals surface area contributed by atoms with Crippen LogP contribution in [0.2, 0.25) is 0 Å². The average molecular weight is 354 g/mol. The minimum atomic E-state index is -0.250. The Hall–Kier alpha value is -2.93. The number of aliphatic hydroxyl groups is 1. The molecule has 0 radical (unpaired) electrons. The third-order valence-corrected chi connectivity index (χ3v) is 3.99. The molecule has 2 aromatic heterocycles. The summed E-state index contributed by atoms with van der Waals surface area (Å²) in [6.45, 7) is 1.81. The Labute approximate surface area is 152 Å². The average Bonchev–Trinajstić information content (AvgIpc) is 2.91. The Morgan fingerprint density at radius 1 is 1.27 bits per heavy atom. The van der Waals surface area contributed by atoms with Gasteiger partial charge in [0.15, 0.2) is 11.6 Å². The Bertz CT molecular complexity index is 916. The zero-order valence-electron chi connectivity index (χ0n) is 15.3. The van der Waals surface area contributed by atoms with Crippen molar-refractivity contribution in [2.24, 2.45) is 4.99 Å². The van der Waals surface area contributed by atoms with Crippen LogP contribution >= 0.6 is 0 Å². The molecule has 0 aromatic carbocycles. The number of fused-ring (bicyclic) bond motifs is 1. The van der Waals surface area contributed by atoms with Crippen molar-refractivity contribution in [1.82, 2.24) is 9.61 Å². The van der Waals surface area contributed by atoms with Gasteiger partial charge < -0.3 is 14.9 Å². The van der Waals surface area contributed by atoms with Crippen molar-refractivity contribution in [3.8, 4) is 0 Å². The topological polar surface area (TPSA) is 79.0 Å². The lowest BCUT2D eigenvalue weighted by Gasteiger charge is -2.23. The monoisotopic (exact) mass is 354 g/mol. The van der Waals surface area contributed by atoms with E-state index >= 15 is 0 Å². The Morgan fingerprint density at radius 3 is 2.81 bits per heavy atom. The summed E-state index contributed by atoms with van der Waals surface area (Å²) in [5.41, 5.74) is 1.81. The lowest BCUT2D eigenvalue weighted by Crippen LogP contribution is -2.36. The van der Waals surface area contributed by atoms with Crippen LogP contribution in [0, 0.1) is 0 Å². The van der Waals surface area contributed by atoms with Gasteiger partial charge in [-0.3, -0.25) is 4.79 Å². The molecule has 2 N–H and O–H groups in total. The van der Waals surface area contributed by atoms with Crippen molar-refractivity contribution in [3.63, 3.8) is 0 Å². The molecule has 2 aromatic rings. The van der Waals surface area contributed by atoms with Gasteiger partial charge in [-0.05, 0) is 24.3 Å². The van der Waals surface area contributed by atoms with Crippen LogP contribution in [0.25, 0.3) is 5.52 Å². The number of rotatable bonds is 6. The zero-order chi connectivity index (χ0) is 18.7. The number of aromatic nitrogens is 2. The lowest BCUT2D eigenvalue weighted by atomic mass is 10.1. The second-order valence-electron chi connectivity index (χ2n) is 7.28. The maximum absolute atomic E-state index is 11.3. The van der Waals surface area contributed by atoms with Crippen LogP contribution in [0.3, 0.4) is 0 Å². The highest BCUT2D eigenvalue weighted by Crippen LogP contribution is 2.30. The van der Waals surface area contributed by atoms with Crippen molar-refractivity contribution < 1.29 is 14.4 Å². The second kappa shape index (κ2) is 7.13. The second-order valence-corrected chi connectivity index (χ2v) is 7.28. The van der Waals surface area contributed by atoms with Crippen LogP contribution in [-0.4, -0.2) is 64.9 Å². The summed E-state index contributed by atoms with van der Waals surface area (Å²) in [5, 5.41) is 17.9. The van der Waals surface area contributed by atoms with Gasteiger partial charge in [-0.1, -0.05) is 6.07 Å². The van der Waals surface area contributed by atoms with Gasteiger partial charge in [-0.25, -0.2) is 9.51 Å². The number of anilines is 1. The molecule has 3 rings (SSSR count). The van der Waals surface area contributed by atoms with Crippen molar-refractivity contribution >= 4 is 28.5 Å². The molecule has 0 bridgehead atoms. The van der Waals surface area contributed by atoms with Crippen molar-refractivity contribution in [3.05, 3.63) is 48.4 Å². The highest BCUT2D eigenvalue weighted by molar-refractivity contribution is 6.19. The van der Waals surface area contributed by atoms with Crippen LogP contribution in [0.15, 0.2) is 53.4 Å². The molecule has 2 heterocycles. The van der Waals surface area contributed by atoms with E-state index in [0.717, 1.165) is 29.5 Å². The van der Waals surface area contributed by atoms with Gasteiger partial charge in [0.1, 0.15) is 17.2 Å². The van der Waals surface area contributed by atoms with Crippen molar-refractivity contribution in [1.29, 1.82) is 0 Å². The number of nitrogens with zero attached hydrogens (tertiary/aromatic N) is 4. The Morgan fingerprint density at radius 2 is 2.08 bits per heavy atom. The lowest BCUT2D eigenvalue weighted by molar-refractivity contribution is -0.870. The molecular weight excluding hydrogens is 330 g/mol. The van der Waals surface area contributed by atoms with E-state index in [4.69, 9.17) is 0 Å². The summed E-state index contributed by atoms with van der Waals surface area (Å²) >= 11 is 0. The fourth-order valence-corrected chi connectivity index (χ4v) is 2.69. The standard InChI is InChI=1S/C19H23N5O2/c1-24(2,3)12-6-10-20-19-18(16-7-4-5-11-23(16)22-19)21-15-9-8-14(25)13-17(15)26/h4-5,7-9,11,13H,6,10,12H2,1-3H3,(H-,20,22,25,26)/p+1. The number of nitrogens with one attached hydrogen (secondary N) is 1. The van der Waals surface area contributed by atoms with Gasteiger partial charge in [0.05, 0.1) is 33.2 Å². The highest BCUT2D eigenvalue weighted by atomic mass is 16.3. The number of aliphatic imine (C=N–C) groups is 1. The number of hydrogen-bond donors (Lipinski definition) is 2. The SMILES string of the molecule is C[N+](C)(C)CCCNc1nn2ccccc2c1N=C1C=CC(=O)C=C1O. The molecule has 0 saturated heterocycles. The summed E-state index contributed by atoms with van der Waals surface area (Å²) in [6, 6.07) is 5.73. The van der Waals surface area contributed by atoms with Gasteiger partial charge in [0.25, 0.3) is 0 Å². The van der Waals surface area contributed by atoms with Gasteiger partial charge in [-0.15, -0.1) is 5.10 Å². The van der Waals surface area contributed by atoms with Gasteiger partial charge >= 0.3 is 0 Å². The van der Waals surface area contributed by atoms with E-state index in [-0.39, 0.29) is 11.5 Å². The smallest absolute Gasteiger partial charge is 0.182 e. The number of hydrogen-bond acceptors (Lipinski definition) is 5. The van der Waals surface area contributed by atoms with Crippen LogP contribution in [-0.2, 0) is 4.79 Å². The number of quaternary nitrogens is 1. The molecule has 0 unspecified atom stereocenters. The van der Waals surface area contributed by atoms with Gasteiger partial charge in [0.2, 0.25) is 0 Å². The van der Waals surface area contributed by atoms with Crippen molar-refractivity contribution in [2.45, 2.75) is 6.42 Å². The Balaban J connectivity index is 1.89. The van der Waals surface area contributed by atoms with E-state index in [9.17, 15) is 9.90 Å². The quantitative estimate of drug-likeness (QED) is 0.475. The predicted octanol–water partition coefficient (Wildman–Crippen LogP) is 2.50. The fraction of sp³-hybridized carbons (Fsp3) is 0.316. The number of aliphatic hydroxyl groups excluding tert-OH is 1. The summed E-state index contributed by atoms with van der Waals surface area (Å²) in [5.74, 6) is 0.270. The van der Waals surface area contributed by atoms with E-state index in [1.165, 1.54) is 18.2 Å². The number of carbonyl (C=O) groups is 1. The molecule has 0 amide bonds. The maximum Gasteiger partial charge on any atom is 0.182 e. The van der Waals surface area contributed by atoms with E-state index in [2.05, 4.69) is 36.6 Å². The first-order valence-electron chi connectivity index (χ1n) is 8.57. The third-order valence-electron chi connectivity index (χ3n) is 3.99. The first-order chi connectivity index (χ1) is 12.3. The number of pyridine rings is 1. The predicted molar refractivity (Wildman–Crippen MR) is 103 cm³/mol. The molecule has 1 aliphatic rings. The summed E-state index contributed by atoms with van der Waals surface area (Å²) in [7, 11) is 6.48. The number of ketones is 1. The molecule has 1 aliphatic carbocycles.